The van der Waals surface area contributed by atoms with E-state index in [1.807, 2.05) is 0 Å². The Morgan fingerprint density at radius 2 is 1.67 bits per heavy atom. The van der Waals surface area contributed by atoms with Crippen LogP contribution in [0.2, 0.25) is 0 Å². The van der Waals surface area contributed by atoms with E-state index >= 15 is 0 Å². The van der Waals surface area contributed by atoms with Crippen LogP contribution in [0.5, 0.6) is 0 Å². The maximum Gasteiger partial charge on any atom is 0.0167 e. The monoisotopic (exact) mass is 210 g/mol. The van der Waals surface area contributed by atoms with Gasteiger partial charge in [0.2, 0.25) is 0 Å². The first-order chi connectivity index (χ1) is 7.16. The minimum Gasteiger partial charge on any atom is -0.327 e. The highest BCUT2D eigenvalue weighted by Crippen LogP contribution is 2.44. The lowest BCUT2D eigenvalue weighted by Gasteiger charge is -2.21. The van der Waals surface area contributed by atoms with Gasteiger partial charge in [0.1, 0.15) is 0 Å². The van der Waals surface area contributed by atoms with E-state index in [9.17, 15) is 0 Å². The molecule has 1 unspecified atom stereocenters. The summed E-state index contributed by atoms with van der Waals surface area (Å²) in [5, 5.41) is 3.72. The van der Waals surface area contributed by atoms with Gasteiger partial charge in [0, 0.05) is 18.6 Å². The fourth-order valence-electron chi connectivity index (χ4n) is 2.61. The largest absolute Gasteiger partial charge is 0.327 e. The van der Waals surface area contributed by atoms with Crippen LogP contribution in [-0.2, 0) is 0 Å². The van der Waals surface area contributed by atoms with Crippen LogP contribution in [0.1, 0.15) is 46.0 Å². The third-order valence-electron chi connectivity index (χ3n) is 3.65. The van der Waals surface area contributed by atoms with Crippen LogP contribution in [0.25, 0.3) is 0 Å². The van der Waals surface area contributed by atoms with Gasteiger partial charge in [-0.2, -0.15) is 0 Å². The molecule has 2 aliphatic carbocycles. The first kappa shape index (κ1) is 11.4. The lowest BCUT2D eigenvalue weighted by molar-refractivity contribution is 0.381. The molecule has 0 amide bonds. The summed E-state index contributed by atoms with van der Waals surface area (Å²) >= 11 is 0. The van der Waals surface area contributed by atoms with Gasteiger partial charge in [-0.3, -0.25) is 0 Å². The molecular formula is C13H26N2. The predicted octanol–water partition coefficient (Wildman–Crippen LogP) is 2.14. The Kier molecular flexibility index (Phi) is 3.68. The second-order valence-electron chi connectivity index (χ2n) is 6.00. The van der Waals surface area contributed by atoms with Crippen molar-refractivity contribution in [3.8, 4) is 0 Å². The molecule has 2 nitrogen and oxygen atoms in total. The molecule has 88 valence electrons. The van der Waals surface area contributed by atoms with Gasteiger partial charge in [-0.15, -0.1) is 0 Å². The summed E-state index contributed by atoms with van der Waals surface area (Å²) in [6, 6.07) is 1.16. The lowest BCUT2D eigenvalue weighted by Crippen LogP contribution is -2.42. The molecule has 2 rings (SSSR count). The van der Waals surface area contributed by atoms with Crippen LogP contribution >= 0.6 is 0 Å². The van der Waals surface area contributed by atoms with E-state index in [2.05, 4.69) is 19.2 Å². The molecule has 1 atom stereocenters. The van der Waals surface area contributed by atoms with Crippen LogP contribution < -0.4 is 11.1 Å². The van der Waals surface area contributed by atoms with E-state index in [0.717, 1.165) is 36.8 Å². The molecule has 3 N–H and O–H groups in total. The van der Waals surface area contributed by atoms with E-state index < -0.39 is 0 Å². The van der Waals surface area contributed by atoms with E-state index in [0.29, 0.717) is 6.04 Å². The highest BCUT2D eigenvalue weighted by Gasteiger charge is 2.41. The molecule has 2 aliphatic rings. The summed E-state index contributed by atoms with van der Waals surface area (Å²) in [5.41, 5.74) is 6.10. The Bertz CT molecular complexity index is 183. The number of rotatable bonds is 7. The van der Waals surface area contributed by atoms with Crippen molar-refractivity contribution in [3.05, 3.63) is 0 Å². The Morgan fingerprint density at radius 3 is 2.07 bits per heavy atom. The van der Waals surface area contributed by atoms with E-state index in [-0.39, 0.29) is 0 Å². The summed E-state index contributed by atoms with van der Waals surface area (Å²) in [6.45, 7) is 5.52. The molecule has 2 fully saturated rings. The van der Waals surface area contributed by atoms with Crippen LogP contribution in [0.3, 0.4) is 0 Å². The molecule has 0 bridgehead atoms. The molecule has 0 aliphatic heterocycles. The summed E-state index contributed by atoms with van der Waals surface area (Å²) in [6.07, 6.45) is 6.96. The second kappa shape index (κ2) is 4.84. The topological polar surface area (TPSA) is 38.0 Å². The van der Waals surface area contributed by atoms with Crippen molar-refractivity contribution in [2.45, 2.75) is 58.0 Å². The predicted molar refractivity (Wildman–Crippen MR) is 64.7 cm³/mol. The SMILES string of the molecule is CC(C)CC(N)CNC(C1CC1)C1CC1. The number of nitrogens with one attached hydrogen (secondary N) is 1. The smallest absolute Gasteiger partial charge is 0.0167 e. The maximum atomic E-state index is 6.10. The number of hydrogen-bond acceptors (Lipinski definition) is 2. The van der Waals surface area contributed by atoms with Crippen molar-refractivity contribution in [1.29, 1.82) is 0 Å². The van der Waals surface area contributed by atoms with Crippen molar-refractivity contribution in [2.75, 3.05) is 6.54 Å². The van der Waals surface area contributed by atoms with Crippen molar-refractivity contribution in [2.24, 2.45) is 23.5 Å². The Labute approximate surface area is 94.0 Å². The standard InChI is InChI=1S/C13H26N2/c1-9(2)7-12(14)8-15-13(10-3-4-10)11-5-6-11/h9-13,15H,3-8,14H2,1-2H3. The van der Waals surface area contributed by atoms with Crippen LogP contribution in [-0.4, -0.2) is 18.6 Å². The molecule has 15 heavy (non-hydrogen) atoms. The normalized spacial score (nSPS) is 23.8. The van der Waals surface area contributed by atoms with Gasteiger partial charge >= 0.3 is 0 Å². The van der Waals surface area contributed by atoms with Crippen molar-refractivity contribution in [3.63, 3.8) is 0 Å². The Hall–Kier alpha value is -0.0800. The van der Waals surface area contributed by atoms with E-state index in [1.54, 1.807) is 0 Å². The minimum absolute atomic E-state index is 0.352. The van der Waals surface area contributed by atoms with Crippen LogP contribution in [0.15, 0.2) is 0 Å². The zero-order valence-corrected chi connectivity index (χ0v) is 10.2. The summed E-state index contributed by atoms with van der Waals surface area (Å²) in [7, 11) is 0. The molecule has 0 heterocycles. The molecule has 2 heteroatoms. The average Bonchev–Trinajstić information content (AvgIpc) is 2.99. The van der Waals surface area contributed by atoms with E-state index in [4.69, 9.17) is 5.73 Å². The molecular weight excluding hydrogens is 184 g/mol. The summed E-state index contributed by atoms with van der Waals surface area (Å²) < 4.78 is 0. The van der Waals surface area contributed by atoms with Gasteiger partial charge in [0.05, 0.1) is 0 Å². The third-order valence-corrected chi connectivity index (χ3v) is 3.65. The molecule has 0 saturated heterocycles. The van der Waals surface area contributed by atoms with Gasteiger partial charge in [-0.25, -0.2) is 0 Å². The van der Waals surface area contributed by atoms with Crippen LogP contribution in [0, 0.1) is 17.8 Å². The highest BCUT2D eigenvalue weighted by atomic mass is 15.0. The average molecular weight is 210 g/mol. The Morgan fingerprint density at radius 1 is 1.13 bits per heavy atom. The van der Waals surface area contributed by atoms with Gasteiger partial charge in [0.15, 0.2) is 0 Å². The van der Waals surface area contributed by atoms with Gasteiger partial charge in [0.25, 0.3) is 0 Å². The lowest BCUT2D eigenvalue weighted by atomic mass is 10.0. The summed E-state index contributed by atoms with van der Waals surface area (Å²) in [5.74, 6) is 2.70. The molecule has 0 aromatic heterocycles. The second-order valence-corrected chi connectivity index (χ2v) is 6.00. The van der Waals surface area contributed by atoms with Crippen LogP contribution in [0.4, 0.5) is 0 Å². The first-order valence-electron chi connectivity index (χ1n) is 6.65. The number of hydrogen-bond donors (Lipinski definition) is 2. The zero-order valence-electron chi connectivity index (χ0n) is 10.2. The fourth-order valence-corrected chi connectivity index (χ4v) is 2.61. The third kappa shape index (κ3) is 3.76. The Balaban J connectivity index is 1.66. The molecule has 0 radical (unpaired) electrons. The van der Waals surface area contributed by atoms with Gasteiger partial charge in [-0.1, -0.05) is 13.8 Å². The zero-order chi connectivity index (χ0) is 10.8. The minimum atomic E-state index is 0.352. The van der Waals surface area contributed by atoms with Gasteiger partial charge in [-0.05, 0) is 49.9 Å². The van der Waals surface area contributed by atoms with Gasteiger partial charge < -0.3 is 11.1 Å². The quantitative estimate of drug-likeness (QED) is 0.675. The molecule has 0 aromatic rings. The van der Waals surface area contributed by atoms with Crippen molar-refractivity contribution < 1.29 is 0 Å². The molecule has 0 spiro atoms. The van der Waals surface area contributed by atoms with Crippen molar-refractivity contribution in [1.82, 2.24) is 5.32 Å². The fraction of sp³-hybridized carbons (Fsp3) is 1.00. The maximum absolute atomic E-state index is 6.10. The summed E-state index contributed by atoms with van der Waals surface area (Å²) in [4.78, 5) is 0. The molecule has 2 saturated carbocycles. The van der Waals surface area contributed by atoms with E-state index in [1.165, 1.54) is 25.7 Å². The molecule has 0 aromatic carbocycles. The van der Waals surface area contributed by atoms with Crippen molar-refractivity contribution >= 4 is 0 Å². The highest BCUT2D eigenvalue weighted by molar-refractivity contribution is 4.96. The number of nitrogens with two attached hydrogens (primary N) is 1. The first-order valence-corrected chi connectivity index (χ1v) is 6.65.